The normalized spacial score (nSPS) is 29.4. The van der Waals surface area contributed by atoms with Crippen molar-refractivity contribution in [3.8, 4) is 0 Å². The zero-order valence-corrected chi connectivity index (χ0v) is 13.4. The average molecular weight is 296 g/mol. The van der Waals surface area contributed by atoms with Crippen LogP contribution >= 0.6 is 11.6 Å². The Bertz CT molecular complexity index is 447. The molecule has 0 aromatic carbocycles. The Hall–Kier alpha value is -0.540. The summed E-state index contributed by atoms with van der Waals surface area (Å²) in [5.41, 5.74) is 1.24. The third-order valence-electron chi connectivity index (χ3n) is 5.04. The van der Waals surface area contributed by atoms with E-state index in [1.807, 2.05) is 6.20 Å². The second-order valence-electron chi connectivity index (χ2n) is 6.37. The van der Waals surface area contributed by atoms with Crippen LogP contribution in [0.1, 0.15) is 57.7 Å². The summed E-state index contributed by atoms with van der Waals surface area (Å²) in [7, 11) is 0. The minimum absolute atomic E-state index is 0.409. The molecule has 3 nitrogen and oxygen atoms in total. The molecular formula is C16H26ClN3. The molecule has 1 heterocycles. The molecule has 0 aliphatic heterocycles. The highest BCUT2D eigenvalue weighted by Crippen LogP contribution is 2.62. The lowest BCUT2D eigenvalue weighted by Crippen LogP contribution is -2.28. The van der Waals surface area contributed by atoms with Gasteiger partial charge in [0.25, 0.3) is 0 Å². The van der Waals surface area contributed by atoms with Crippen molar-refractivity contribution in [3.63, 3.8) is 0 Å². The van der Waals surface area contributed by atoms with Crippen molar-refractivity contribution in [1.29, 1.82) is 0 Å². The highest BCUT2D eigenvalue weighted by molar-refractivity contribution is 6.31. The van der Waals surface area contributed by atoms with Crippen molar-refractivity contribution in [2.75, 3.05) is 6.54 Å². The van der Waals surface area contributed by atoms with Gasteiger partial charge in [0.2, 0.25) is 0 Å². The van der Waals surface area contributed by atoms with E-state index in [1.54, 1.807) is 0 Å². The highest BCUT2D eigenvalue weighted by Gasteiger charge is 2.56. The van der Waals surface area contributed by atoms with E-state index in [-0.39, 0.29) is 0 Å². The van der Waals surface area contributed by atoms with E-state index >= 15 is 0 Å². The molecule has 0 saturated heterocycles. The van der Waals surface area contributed by atoms with E-state index in [0.717, 1.165) is 48.7 Å². The number of hydrogen-bond acceptors (Lipinski definition) is 2. The summed E-state index contributed by atoms with van der Waals surface area (Å²) in [6, 6.07) is 0.409. The van der Waals surface area contributed by atoms with E-state index in [4.69, 9.17) is 11.6 Å². The Morgan fingerprint density at radius 2 is 2.10 bits per heavy atom. The van der Waals surface area contributed by atoms with Crippen LogP contribution in [-0.4, -0.2) is 16.3 Å². The predicted molar refractivity (Wildman–Crippen MR) is 82.9 cm³/mol. The molecule has 0 amide bonds. The molecule has 0 bridgehead atoms. The summed E-state index contributed by atoms with van der Waals surface area (Å²) in [6.45, 7) is 6.45. The average Bonchev–Trinajstić information content (AvgIpc) is 2.77. The van der Waals surface area contributed by atoms with Crippen LogP contribution in [0.3, 0.4) is 0 Å². The van der Waals surface area contributed by atoms with Gasteiger partial charge in [-0.3, -0.25) is 4.68 Å². The number of nitrogens with one attached hydrogen (secondary N) is 1. The minimum Gasteiger partial charge on any atom is -0.308 e. The van der Waals surface area contributed by atoms with E-state index in [9.17, 15) is 0 Å². The number of fused-ring (bicyclic) bond motifs is 1. The SMILES string of the molecule is CCCNC(c1c(Cl)cnn1CCC)C1C2CCCC21. The van der Waals surface area contributed by atoms with Crippen LogP contribution in [0.25, 0.3) is 0 Å². The standard InChI is InChI=1S/C16H26ClN3/c1-3-8-18-15(14-11-6-5-7-12(11)14)16-13(17)10-19-20(16)9-4-2/h10-12,14-15,18H,3-9H2,1-2H3. The van der Waals surface area contributed by atoms with Crippen molar-refractivity contribution >= 4 is 11.6 Å². The summed E-state index contributed by atoms with van der Waals surface area (Å²) >= 11 is 6.46. The van der Waals surface area contributed by atoms with Gasteiger partial charge in [-0.05, 0) is 50.0 Å². The summed E-state index contributed by atoms with van der Waals surface area (Å²) < 4.78 is 2.13. The molecule has 3 atom stereocenters. The zero-order valence-electron chi connectivity index (χ0n) is 12.6. The lowest BCUT2D eigenvalue weighted by atomic mass is 10.0. The number of aromatic nitrogens is 2. The number of hydrogen-bond donors (Lipinski definition) is 1. The van der Waals surface area contributed by atoms with Crippen molar-refractivity contribution in [2.45, 2.75) is 58.5 Å². The van der Waals surface area contributed by atoms with Gasteiger partial charge in [-0.1, -0.05) is 31.9 Å². The topological polar surface area (TPSA) is 29.9 Å². The van der Waals surface area contributed by atoms with Crippen LogP contribution in [0.2, 0.25) is 5.02 Å². The molecule has 3 rings (SSSR count). The first-order valence-electron chi connectivity index (χ1n) is 8.22. The number of rotatable bonds is 7. The maximum atomic E-state index is 6.46. The molecule has 3 unspecified atom stereocenters. The van der Waals surface area contributed by atoms with E-state index in [1.165, 1.54) is 25.0 Å². The second kappa shape index (κ2) is 6.07. The van der Waals surface area contributed by atoms with Crippen LogP contribution in [0.15, 0.2) is 6.20 Å². The van der Waals surface area contributed by atoms with Gasteiger partial charge in [0.15, 0.2) is 0 Å². The van der Waals surface area contributed by atoms with Crippen LogP contribution in [0.4, 0.5) is 0 Å². The van der Waals surface area contributed by atoms with Gasteiger partial charge in [-0.25, -0.2) is 0 Å². The van der Waals surface area contributed by atoms with Crippen molar-refractivity contribution < 1.29 is 0 Å². The summed E-state index contributed by atoms with van der Waals surface area (Å²) in [5.74, 6) is 2.66. The highest BCUT2D eigenvalue weighted by atomic mass is 35.5. The predicted octanol–water partition coefficient (Wildman–Crippen LogP) is 4.03. The molecule has 1 aromatic rings. The lowest BCUT2D eigenvalue weighted by molar-refractivity contribution is 0.388. The third-order valence-corrected chi connectivity index (χ3v) is 5.33. The number of halogens is 1. The first-order valence-corrected chi connectivity index (χ1v) is 8.60. The van der Waals surface area contributed by atoms with Gasteiger partial charge in [-0.2, -0.15) is 5.10 Å². The maximum absolute atomic E-state index is 6.46. The molecule has 20 heavy (non-hydrogen) atoms. The number of aryl methyl sites for hydroxylation is 1. The molecule has 2 saturated carbocycles. The van der Waals surface area contributed by atoms with E-state index in [0.29, 0.717) is 6.04 Å². The molecule has 1 N–H and O–H groups in total. The van der Waals surface area contributed by atoms with Gasteiger partial charge in [-0.15, -0.1) is 0 Å². The van der Waals surface area contributed by atoms with Crippen LogP contribution in [0, 0.1) is 17.8 Å². The van der Waals surface area contributed by atoms with Crippen LogP contribution < -0.4 is 5.32 Å². The Morgan fingerprint density at radius 3 is 2.75 bits per heavy atom. The Kier molecular flexibility index (Phi) is 4.37. The summed E-state index contributed by atoms with van der Waals surface area (Å²) in [5, 5.41) is 9.08. The lowest BCUT2D eigenvalue weighted by Gasteiger charge is -2.22. The Morgan fingerprint density at radius 1 is 1.35 bits per heavy atom. The van der Waals surface area contributed by atoms with Gasteiger partial charge in [0, 0.05) is 6.54 Å². The second-order valence-corrected chi connectivity index (χ2v) is 6.78. The van der Waals surface area contributed by atoms with E-state index in [2.05, 4.69) is 28.9 Å². The van der Waals surface area contributed by atoms with Crippen molar-refractivity contribution in [3.05, 3.63) is 16.9 Å². The molecule has 2 aliphatic carbocycles. The van der Waals surface area contributed by atoms with Gasteiger partial charge in [0.05, 0.1) is 23.0 Å². The minimum atomic E-state index is 0.409. The molecule has 2 aliphatic rings. The van der Waals surface area contributed by atoms with Crippen molar-refractivity contribution in [1.82, 2.24) is 15.1 Å². The van der Waals surface area contributed by atoms with Gasteiger partial charge < -0.3 is 5.32 Å². The number of nitrogens with zero attached hydrogens (tertiary/aromatic N) is 2. The fraction of sp³-hybridized carbons (Fsp3) is 0.812. The molecule has 0 spiro atoms. The summed E-state index contributed by atoms with van der Waals surface area (Å²) in [6.07, 6.45) is 8.35. The Labute approximate surface area is 127 Å². The van der Waals surface area contributed by atoms with Crippen LogP contribution in [-0.2, 0) is 6.54 Å². The molecule has 112 valence electrons. The maximum Gasteiger partial charge on any atom is 0.0834 e. The molecule has 1 aromatic heterocycles. The van der Waals surface area contributed by atoms with Gasteiger partial charge in [0.1, 0.15) is 0 Å². The Balaban J connectivity index is 1.83. The smallest absolute Gasteiger partial charge is 0.0834 e. The molecule has 0 radical (unpaired) electrons. The molecule has 4 heteroatoms. The third kappa shape index (κ3) is 2.50. The fourth-order valence-corrected chi connectivity index (χ4v) is 4.42. The van der Waals surface area contributed by atoms with Gasteiger partial charge >= 0.3 is 0 Å². The molecular weight excluding hydrogens is 270 g/mol. The first-order chi connectivity index (χ1) is 9.77. The monoisotopic (exact) mass is 295 g/mol. The first kappa shape index (κ1) is 14.4. The molecule has 2 fully saturated rings. The quantitative estimate of drug-likeness (QED) is 0.823. The van der Waals surface area contributed by atoms with Crippen LogP contribution in [0.5, 0.6) is 0 Å². The summed E-state index contributed by atoms with van der Waals surface area (Å²) in [4.78, 5) is 0. The fourth-order valence-electron chi connectivity index (χ4n) is 4.16. The van der Waals surface area contributed by atoms with Crippen molar-refractivity contribution in [2.24, 2.45) is 17.8 Å². The largest absolute Gasteiger partial charge is 0.308 e. The zero-order chi connectivity index (χ0) is 14.1. The van der Waals surface area contributed by atoms with E-state index < -0.39 is 0 Å².